The molecule has 0 atom stereocenters. The first-order valence-electron chi connectivity index (χ1n) is 9.53. The van der Waals surface area contributed by atoms with Gasteiger partial charge in [0.1, 0.15) is 17.2 Å². The number of likely N-dealkylation sites (tertiary alicyclic amines) is 1. The monoisotopic (exact) mass is 376 g/mol. The molecule has 4 N–H and O–H groups in total. The summed E-state index contributed by atoms with van der Waals surface area (Å²) in [5.74, 6) is 0.753. The van der Waals surface area contributed by atoms with Crippen molar-refractivity contribution in [3.63, 3.8) is 0 Å². The first-order chi connectivity index (χ1) is 12.7. The number of ether oxygens (including phenoxy) is 2. The molecule has 150 valence electrons. The zero-order valence-corrected chi connectivity index (χ0v) is 16.6. The lowest BCUT2D eigenvalue weighted by molar-refractivity contribution is 0.0563. The summed E-state index contributed by atoms with van der Waals surface area (Å²) in [7, 11) is 0. The smallest absolute Gasteiger partial charge is 0.413 e. The molecule has 0 aliphatic carbocycles. The molecule has 1 heterocycles. The van der Waals surface area contributed by atoms with Crippen LogP contribution in [0.3, 0.4) is 0 Å². The Hall–Kier alpha value is -2.12. The molecule has 0 radical (unpaired) electrons. The summed E-state index contributed by atoms with van der Waals surface area (Å²) in [6.07, 6.45) is 2.48. The number of amidine groups is 1. The molecule has 1 aromatic rings. The fourth-order valence-corrected chi connectivity index (χ4v) is 2.85. The van der Waals surface area contributed by atoms with Gasteiger partial charge in [0.2, 0.25) is 0 Å². The van der Waals surface area contributed by atoms with E-state index in [2.05, 4.69) is 10.2 Å². The normalized spacial score (nSPS) is 16.0. The second-order valence-electron chi connectivity index (χ2n) is 7.91. The Balaban J connectivity index is 1.70. The second kappa shape index (κ2) is 9.71. The van der Waals surface area contributed by atoms with Crippen LogP contribution < -0.4 is 15.8 Å². The third-order valence-corrected chi connectivity index (χ3v) is 4.29. The number of rotatable bonds is 6. The highest BCUT2D eigenvalue weighted by molar-refractivity contribution is 6.04. The molecule has 7 heteroatoms. The van der Waals surface area contributed by atoms with Crippen LogP contribution in [0.4, 0.5) is 4.79 Å². The molecule has 7 nitrogen and oxygen atoms in total. The summed E-state index contributed by atoms with van der Waals surface area (Å²) in [6, 6.07) is 7.48. The average molecular weight is 377 g/mol. The molecule has 0 unspecified atom stereocenters. The third-order valence-electron chi connectivity index (χ3n) is 4.29. The van der Waals surface area contributed by atoms with Crippen molar-refractivity contribution >= 4 is 11.9 Å². The predicted octanol–water partition coefficient (Wildman–Crippen LogP) is 2.73. The van der Waals surface area contributed by atoms with E-state index in [-0.39, 0.29) is 5.84 Å². The zero-order chi connectivity index (χ0) is 19.9. The van der Waals surface area contributed by atoms with Crippen molar-refractivity contribution in [1.82, 2.24) is 10.2 Å². The average Bonchev–Trinajstić information content (AvgIpc) is 2.59. The molecular weight excluding hydrogens is 344 g/mol. The lowest BCUT2D eigenvalue weighted by Gasteiger charge is -2.29. The van der Waals surface area contributed by atoms with Gasteiger partial charge in [-0.25, -0.2) is 4.79 Å². The molecule has 0 spiro atoms. The lowest BCUT2D eigenvalue weighted by atomic mass is 10.1. The lowest BCUT2D eigenvalue weighted by Crippen LogP contribution is -2.40. The maximum Gasteiger partial charge on any atom is 0.413 e. The number of hydrogen-bond donors (Lipinski definition) is 3. The number of nitrogens with zero attached hydrogens (tertiary/aromatic N) is 1. The largest absolute Gasteiger partial charge is 0.494 e. The molecule has 0 saturated carbocycles. The Morgan fingerprint density at radius 3 is 2.48 bits per heavy atom. The van der Waals surface area contributed by atoms with Crippen LogP contribution in [0.5, 0.6) is 5.75 Å². The van der Waals surface area contributed by atoms with Crippen LogP contribution in [0.2, 0.25) is 0 Å². The number of hydrogen-bond acceptors (Lipinski definition) is 6. The number of nitrogens with one attached hydrogen (secondary N) is 2. The van der Waals surface area contributed by atoms with Gasteiger partial charge in [0.25, 0.3) is 0 Å². The highest BCUT2D eigenvalue weighted by atomic mass is 16.6. The predicted molar refractivity (Wildman–Crippen MR) is 106 cm³/mol. The molecule has 27 heavy (non-hydrogen) atoms. The number of carbonyl (C=O) groups excluding carboxylic acids is 1. The van der Waals surface area contributed by atoms with Gasteiger partial charge < -0.3 is 20.1 Å². The third kappa shape index (κ3) is 7.97. The Bertz CT molecular complexity index is 617. The quantitative estimate of drug-likeness (QED) is 0.403. The Kier molecular flexibility index (Phi) is 7.62. The first kappa shape index (κ1) is 21.2. The van der Waals surface area contributed by atoms with E-state index >= 15 is 0 Å². The van der Waals surface area contributed by atoms with Crippen molar-refractivity contribution < 1.29 is 14.3 Å². The minimum atomic E-state index is -0.633. The number of benzene rings is 1. The number of nitrogens with two attached hydrogens (primary N) is 1. The van der Waals surface area contributed by atoms with Gasteiger partial charge in [-0.2, -0.15) is 0 Å². The standard InChI is InChI=1S/C20H32N4O3/c1-20(2,3)27-19(25)23-18(22)15-5-7-17(8-6-15)26-14-4-11-24-12-9-16(21)10-13-24/h5-8,16H,4,9-14,21H2,1-3H3,(H2,22,23,25). The van der Waals surface area contributed by atoms with Crippen LogP contribution in [0.25, 0.3) is 0 Å². The maximum atomic E-state index is 11.7. The zero-order valence-electron chi connectivity index (χ0n) is 16.6. The van der Waals surface area contributed by atoms with Crippen molar-refractivity contribution in [3.8, 4) is 5.75 Å². The summed E-state index contributed by atoms with van der Waals surface area (Å²) in [4.78, 5) is 14.2. The fourth-order valence-electron chi connectivity index (χ4n) is 2.85. The topological polar surface area (TPSA) is 101 Å². The second-order valence-corrected chi connectivity index (χ2v) is 7.91. The minimum Gasteiger partial charge on any atom is -0.494 e. The fraction of sp³-hybridized carbons (Fsp3) is 0.600. The van der Waals surface area contributed by atoms with Crippen LogP contribution >= 0.6 is 0 Å². The van der Waals surface area contributed by atoms with Gasteiger partial charge in [-0.15, -0.1) is 0 Å². The van der Waals surface area contributed by atoms with Gasteiger partial charge >= 0.3 is 6.09 Å². The molecular formula is C20H32N4O3. The van der Waals surface area contributed by atoms with Gasteiger partial charge in [-0.1, -0.05) is 0 Å². The molecule has 0 aromatic heterocycles. The van der Waals surface area contributed by atoms with Crippen molar-refractivity contribution in [2.45, 2.75) is 51.7 Å². The first-order valence-corrected chi connectivity index (χ1v) is 9.53. The molecule has 1 fully saturated rings. The molecule has 1 aliphatic heterocycles. The van der Waals surface area contributed by atoms with Crippen LogP contribution in [0, 0.1) is 5.41 Å². The summed E-state index contributed by atoms with van der Waals surface area (Å²) in [6.45, 7) is 9.16. The van der Waals surface area contributed by atoms with Crippen molar-refractivity contribution in [2.75, 3.05) is 26.2 Å². The summed E-state index contributed by atoms with van der Waals surface area (Å²) in [5, 5.41) is 10.4. The van der Waals surface area contributed by atoms with E-state index in [0.717, 1.165) is 44.6 Å². The molecule has 1 aliphatic rings. The van der Waals surface area contributed by atoms with Gasteiger partial charge in [0, 0.05) is 18.2 Å². The van der Waals surface area contributed by atoms with Crippen molar-refractivity contribution in [2.24, 2.45) is 5.73 Å². The molecule has 2 rings (SSSR count). The Morgan fingerprint density at radius 1 is 1.26 bits per heavy atom. The molecule has 0 bridgehead atoms. The number of amides is 1. The van der Waals surface area contributed by atoms with E-state index in [1.54, 1.807) is 45.0 Å². The summed E-state index contributed by atoms with van der Waals surface area (Å²) >= 11 is 0. The Labute approximate surface area is 161 Å². The minimum absolute atomic E-state index is 0.000827. The van der Waals surface area contributed by atoms with Crippen LogP contribution in [-0.4, -0.2) is 54.7 Å². The maximum absolute atomic E-state index is 11.7. The molecule has 1 aromatic carbocycles. The van der Waals surface area contributed by atoms with Gasteiger partial charge in [0.05, 0.1) is 6.61 Å². The van der Waals surface area contributed by atoms with E-state index in [1.165, 1.54) is 0 Å². The highest BCUT2D eigenvalue weighted by Gasteiger charge is 2.17. The SMILES string of the molecule is CC(C)(C)OC(=O)NC(=N)c1ccc(OCCCN2CCC(N)CC2)cc1. The van der Waals surface area contributed by atoms with Crippen LogP contribution in [0.15, 0.2) is 24.3 Å². The van der Waals surface area contributed by atoms with Crippen molar-refractivity contribution in [3.05, 3.63) is 29.8 Å². The van der Waals surface area contributed by atoms with E-state index in [0.29, 0.717) is 18.2 Å². The summed E-state index contributed by atoms with van der Waals surface area (Å²) in [5.41, 5.74) is 5.92. The van der Waals surface area contributed by atoms with Gasteiger partial charge in [-0.05, 0) is 77.4 Å². The van der Waals surface area contributed by atoms with E-state index < -0.39 is 11.7 Å². The van der Waals surface area contributed by atoms with E-state index in [1.807, 2.05) is 0 Å². The highest BCUT2D eigenvalue weighted by Crippen LogP contribution is 2.14. The molecule has 1 amide bonds. The van der Waals surface area contributed by atoms with E-state index in [4.69, 9.17) is 20.6 Å². The number of piperidine rings is 1. The summed E-state index contributed by atoms with van der Waals surface area (Å²) < 4.78 is 10.9. The molecule has 1 saturated heterocycles. The van der Waals surface area contributed by atoms with Gasteiger partial charge in [-0.3, -0.25) is 10.7 Å². The van der Waals surface area contributed by atoms with Gasteiger partial charge in [0.15, 0.2) is 0 Å². The van der Waals surface area contributed by atoms with Crippen molar-refractivity contribution in [1.29, 1.82) is 5.41 Å². The number of carbonyl (C=O) groups is 1. The van der Waals surface area contributed by atoms with Crippen LogP contribution in [0.1, 0.15) is 45.6 Å². The number of alkyl carbamates (subject to hydrolysis) is 1. The van der Waals surface area contributed by atoms with Crippen LogP contribution in [-0.2, 0) is 4.74 Å². The Morgan fingerprint density at radius 2 is 1.89 bits per heavy atom. The van der Waals surface area contributed by atoms with E-state index in [9.17, 15) is 4.79 Å².